The van der Waals surface area contributed by atoms with Crippen molar-refractivity contribution in [3.05, 3.63) is 52.5 Å². The van der Waals surface area contributed by atoms with E-state index in [1.807, 2.05) is 46.8 Å². The highest BCUT2D eigenvalue weighted by Crippen LogP contribution is 2.29. The first-order valence-corrected chi connectivity index (χ1v) is 7.29. The third-order valence-corrected chi connectivity index (χ3v) is 4.57. The molecule has 3 rings (SSSR count). The van der Waals surface area contributed by atoms with Crippen molar-refractivity contribution in [2.45, 2.75) is 13.0 Å². The molecule has 0 aliphatic heterocycles. The number of nitrogens with zero attached hydrogens (tertiary/aromatic N) is 3. The molecule has 102 valence electrons. The molecule has 3 aromatic heterocycles. The van der Waals surface area contributed by atoms with Gasteiger partial charge in [-0.15, -0.1) is 11.3 Å². The Labute approximate surface area is 121 Å². The van der Waals surface area contributed by atoms with Gasteiger partial charge in [-0.25, -0.2) is 4.98 Å². The van der Waals surface area contributed by atoms with Crippen LogP contribution in [-0.2, 0) is 0 Å². The van der Waals surface area contributed by atoms with Gasteiger partial charge in [-0.05, 0) is 30.5 Å². The molecule has 0 bridgehead atoms. The van der Waals surface area contributed by atoms with E-state index >= 15 is 0 Å². The predicted molar refractivity (Wildman–Crippen MR) is 81.7 cm³/mol. The molecule has 3 aromatic rings. The number of imidazole rings is 1. The number of aldehydes is 1. The summed E-state index contributed by atoms with van der Waals surface area (Å²) in [6.07, 6.45) is 2.73. The van der Waals surface area contributed by atoms with Gasteiger partial charge in [0.1, 0.15) is 11.3 Å². The van der Waals surface area contributed by atoms with E-state index in [1.54, 1.807) is 11.3 Å². The molecule has 4 nitrogen and oxygen atoms in total. The van der Waals surface area contributed by atoms with Crippen molar-refractivity contribution in [3.63, 3.8) is 0 Å². The van der Waals surface area contributed by atoms with Crippen LogP contribution in [0.5, 0.6) is 0 Å². The lowest BCUT2D eigenvalue weighted by Gasteiger charge is -2.24. The van der Waals surface area contributed by atoms with Gasteiger partial charge in [0, 0.05) is 18.1 Å². The number of rotatable bonds is 4. The first-order chi connectivity index (χ1) is 9.72. The number of hydrogen-bond acceptors (Lipinski definition) is 4. The smallest absolute Gasteiger partial charge is 0.170 e. The van der Waals surface area contributed by atoms with E-state index in [0.29, 0.717) is 11.5 Å². The summed E-state index contributed by atoms with van der Waals surface area (Å²) in [4.78, 5) is 19.3. The van der Waals surface area contributed by atoms with E-state index in [-0.39, 0.29) is 6.04 Å². The Hall–Kier alpha value is -2.14. The number of thiophene rings is 1. The summed E-state index contributed by atoms with van der Waals surface area (Å²) in [7, 11) is 1.97. The maximum atomic E-state index is 11.4. The normalized spacial score (nSPS) is 12.5. The molecule has 0 aliphatic rings. The lowest BCUT2D eigenvalue weighted by Crippen LogP contribution is -2.22. The van der Waals surface area contributed by atoms with Crippen LogP contribution in [0.4, 0.5) is 5.82 Å². The van der Waals surface area contributed by atoms with Gasteiger partial charge in [0.05, 0.1) is 6.04 Å². The molecule has 0 aliphatic carbocycles. The molecule has 0 aromatic carbocycles. The Morgan fingerprint density at radius 1 is 1.35 bits per heavy atom. The zero-order chi connectivity index (χ0) is 14.1. The van der Waals surface area contributed by atoms with E-state index < -0.39 is 0 Å². The van der Waals surface area contributed by atoms with Crippen LogP contribution in [0.2, 0.25) is 0 Å². The van der Waals surface area contributed by atoms with Gasteiger partial charge in [0.2, 0.25) is 0 Å². The number of hydrogen-bond donors (Lipinski definition) is 0. The fraction of sp³-hybridized carbons (Fsp3) is 0.200. The molecule has 0 saturated carbocycles. The zero-order valence-corrected chi connectivity index (χ0v) is 12.2. The standard InChI is InChI=1S/C15H15N3OS/c1-11(13-6-5-9-20-13)17(2)15-12(10-19)18-8-4-3-7-14(18)16-15/h3-11H,1-2H3. The van der Waals surface area contributed by atoms with E-state index in [0.717, 1.165) is 11.9 Å². The van der Waals surface area contributed by atoms with E-state index in [4.69, 9.17) is 0 Å². The second-order valence-electron chi connectivity index (χ2n) is 4.67. The lowest BCUT2D eigenvalue weighted by atomic mass is 10.2. The molecule has 1 unspecified atom stereocenters. The first-order valence-electron chi connectivity index (χ1n) is 6.41. The number of aromatic nitrogens is 2. The van der Waals surface area contributed by atoms with Gasteiger partial charge in [0.25, 0.3) is 0 Å². The molecule has 20 heavy (non-hydrogen) atoms. The predicted octanol–water partition coefficient (Wildman–Crippen LogP) is 3.41. The second-order valence-corrected chi connectivity index (χ2v) is 5.65. The van der Waals surface area contributed by atoms with Gasteiger partial charge >= 0.3 is 0 Å². The molecule has 0 fully saturated rings. The van der Waals surface area contributed by atoms with Crippen molar-refractivity contribution in [3.8, 4) is 0 Å². The van der Waals surface area contributed by atoms with Crippen LogP contribution < -0.4 is 4.90 Å². The molecular weight excluding hydrogens is 270 g/mol. The summed E-state index contributed by atoms with van der Waals surface area (Å²) in [6.45, 7) is 2.12. The van der Waals surface area contributed by atoms with Crippen LogP contribution in [0.3, 0.4) is 0 Å². The van der Waals surface area contributed by atoms with Crippen LogP contribution in [0.1, 0.15) is 28.3 Å². The zero-order valence-electron chi connectivity index (χ0n) is 11.4. The summed E-state index contributed by atoms with van der Waals surface area (Å²) in [5.41, 5.74) is 1.38. The largest absolute Gasteiger partial charge is 0.350 e. The van der Waals surface area contributed by atoms with Crippen LogP contribution in [0, 0.1) is 0 Å². The minimum Gasteiger partial charge on any atom is -0.350 e. The summed E-state index contributed by atoms with van der Waals surface area (Å²) in [5, 5.41) is 2.06. The van der Waals surface area contributed by atoms with Gasteiger partial charge < -0.3 is 4.90 Å². The summed E-state index contributed by atoms with van der Waals surface area (Å²) < 4.78 is 1.82. The molecule has 0 spiro atoms. The summed E-state index contributed by atoms with van der Waals surface area (Å²) in [6, 6.07) is 10.0. The van der Waals surface area contributed by atoms with Crippen molar-refractivity contribution >= 4 is 29.1 Å². The molecule has 0 amide bonds. The number of carbonyl (C=O) groups excluding carboxylic acids is 1. The minimum absolute atomic E-state index is 0.179. The second kappa shape index (κ2) is 5.09. The Morgan fingerprint density at radius 2 is 2.20 bits per heavy atom. The Bertz CT molecular complexity index is 733. The van der Waals surface area contributed by atoms with Crippen molar-refractivity contribution in [1.82, 2.24) is 9.38 Å². The maximum Gasteiger partial charge on any atom is 0.170 e. The maximum absolute atomic E-state index is 11.4. The SMILES string of the molecule is CC(c1cccs1)N(C)c1nc2ccccn2c1C=O. The summed E-state index contributed by atoms with van der Waals surface area (Å²) in [5.74, 6) is 0.715. The highest BCUT2D eigenvalue weighted by atomic mass is 32.1. The quantitative estimate of drug-likeness (QED) is 0.689. The minimum atomic E-state index is 0.179. The summed E-state index contributed by atoms with van der Waals surface area (Å²) >= 11 is 1.71. The third-order valence-electron chi connectivity index (χ3n) is 3.53. The fourth-order valence-corrected chi connectivity index (χ4v) is 3.10. The van der Waals surface area contributed by atoms with Crippen molar-refractivity contribution in [2.75, 3.05) is 11.9 Å². The molecular formula is C15H15N3OS. The lowest BCUT2D eigenvalue weighted by molar-refractivity contribution is 0.111. The van der Waals surface area contributed by atoms with Gasteiger partial charge in [-0.2, -0.15) is 0 Å². The molecule has 0 N–H and O–H groups in total. The fourth-order valence-electron chi connectivity index (χ4n) is 2.27. The average molecular weight is 285 g/mol. The highest BCUT2D eigenvalue weighted by molar-refractivity contribution is 7.10. The van der Waals surface area contributed by atoms with Gasteiger partial charge in [-0.3, -0.25) is 9.20 Å². The van der Waals surface area contributed by atoms with Crippen LogP contribution in [0.25, 0.3) is 5.65 Å². The van der Waals surface area contributed by atoms with Crippen molar-refractivity contribution in [2.24, 2.45) is 0 Å². The molecule has 3 heterocycles. The highest BCUT2D eigenvalue weighted by Gasteiger charge is 2.20. The Kier molecular flexibility index (Phi) is 3.28. The molecule has 1 atom stereocenters. The van der Waals surface area contributed by atoms with Gasteiger partial charge in [-0.1, -0.05) is 12.1 Å². The van der Waals surface area contributed by atoms with Gasteiger partial charge in [0.15, 0.2) is 12.1 Å². The topological polar surface area (TPSA) is 37.6 Å². The van der Waals surface area contributed by atoms with Crippen molar-refractivity contribution in [1.29, 1.82) is 0 Å². The molecule has 0 saturated heterocycles. The first kappa shape index (κ1) is 12.9. The van der Waals surface area contributed by atoms with E-state index in [1.165, 1.54) is 4.88 Å². The number of anilines is 1. The monoisotopic (exact) mass is 285 g/mol. The molecule has 0 radical (unpaired) electrons. The van der Waals surface area contributed by atoms with Crippen LogP contribution >= 0.6 is 11.3 Å². The number of fused-ring (bicyclic) bond motifs is 1. The van der Waals surface area contributed by atoms with E-state index in [9.17, 15) is 4.79 Å². The van der Waals surface area contributed by atoms with Crippen LogP contribution in [-0.4, -0.2) is 22.7 Å². The third kappa shape index (κ3) is 2.00. The average Bonchev–Trinajstić information content (AvgIpc) is 3.12. The van der Waals surface area contributed by atoms with E-state index in [2.05, 4.69) is 23.4 Å². The molecule has 5 heteroatoms. The number of carbonyl (C=O) groups is 1. The van der Waals surface area contributed by atoms with Crippen molar-refractivity contribution < 1.29 is 4.79 Å². The Morgan fingerprint density at radius 3 is 2.90 bits per heavy atom. The number of pyridine rings is 1. The Balaban J connectivity index is 2.07. The van der Waals surface area contributed by atoms with Crippen LogP contribution in [0.15, 0.2) is 41.9 Å².